The van der Waals surface area contributed by atoms with Crippen LogP contribution in [0.25, 0.3) is 0 Å². The van der Waals surface area contributed by atoms with E-state index >= 15 is 0 Å². The Hall–Kier alpha value is -1.16. The summed E-state index contributed by atoms with van der Waals surface area (Å²) in [6.45, 7) is 18.4. The molecule has 0 spiro atoms. The summed E-state index contributed by atoms with van der Waals surface area (Å²) in [5.74, 6) is 0.131. The lowest BCUT2D eigenvalue weighted by atomic mass is 9.79. The van der Waals surface area contributed by atoms with Crippen molar-refractivity contribution in [2.45, 2.75) is 82.8 Å². The maximum absolute atomic E-state index is 12.2. The number of hydrogen-bond acceptors (Lipinski definition) is 4. The maximum Gasteiger partial charge on any atom is 0.321 e. The molecule has 0 aliphatic rings. The number of phenols is 1. The average molecular weight is 353 g/mol. The Kier molecular flexibility index (Phi) is 6.08. The molecule has 0 atom stereocenters. The zero-order valence-corrected chi connectivity index (χ0v) is 17.4. The third-order valence-corrected chi connectivity index (χ3v) is 4.99. The molecule has 0 radical (unpaired) electrons. The summed E-state index contributed by atoms with van der Waals surface area (Å²) in [7, 11) is 0. The fourth-order valence-corrected chi connectivity index (χ4v) is 3.54. The van der Waals surface area contributed by atoms with Crippen LogP contribution in [0.15, 0.2) is 17.0 Å². The Balaban J connectivity index is 3.42. The molecule has 3 nitrogen and oxygen atoms in total. The molecule has 1 aromatic carbocycles. The molecular formula is C20H32O3S. The Morgan fingerprint density at radius 3 is 1.75 bits per heavy atom. The highest BCUT2D eigenvalue weighted by molar-refractivity contribution is 8.01. The second-order valence-corrected chi connectivity index (χ2v) is 10.4. The number of carbonyl (C=O) groups is 1. The number of carbonyl (C=O) groups excluding carboxylic acids is 1. The zero-order chi connectivity index (χ0) is 18.9. The number of esters is 1. The van der Waals surface area contributed by atoms with Crippen molar-refractivity contribution in [3.05, 3.63) is 23.3 Å². The van der Waals surface area contributed by atoms with Gasteiger partial charge in [0.05, 0.1) is 6.61 Å². The summed E-state index contributed by atoms with van der Waals surface area (Å²) in [5, 5.41) is 10.8. The molecule has 0 aliphatic carbocycles. The second-order valence-electron chi connectivity index (χ2n) is 8.70. The van der Waals surface area contributed by atoms with Gasteiger partial charge in [0.1, 0.15) is 10.5 Å². The summed E-state index contributed by atoms with van der Waals surface area (Å²) in [4.78, 5) is 13.2. The van der Waals surface area contributed by atoms with Gasteiger partial charge in [0.25, 0.3) is 0 Å². The number of rotatable bonds is 4. The number of hydrogen-bond donors (Lipinski definition) is 1. The van der Waals surface area contributed by atoms with Crippen LogP contribution in [-0.4, -0.2) is 22.4 Å². The molecule has 0 unspecified atom stereocenters. The van der Waals surface area contributed by atoms with Gasteiger partial charge in [-0.05, 0) is 43.7 Å². The van der Waals surface area contributed by atoms with Crippen LogP contribution in [0.1, 0.15) is 73.4 Å². The first-order valence-corrected chi connectivity index (χ1v) is 9.26. The van der Waals surface area contributed by atoms with Crippen LogP contribution in [-0.2, 0) is 20.4 Å². The van der Waals surface area contributed by atoms with Gasteiger partial charge in [-0.2, -0.15) is 0 Å². The van der Waals surface area contributed by atoms with E-state index in [1.807, 2.05) is 32.9 Å². The maximum atomic E-state index is 12.2. The molecule has 0 fully saturated rings. The minimum atomic E-state index is -0.683. The Labute approximate surface area is 151 Å². The van der Waals surface area contributed by atoms with E-state index in [1.165, 1.54) is 11.8 Å². The lowest BCUT2D eigenvalue weighted by Gasteiger charge is -2.29. The number of benzene rings is 1. The highest BCUT2D eigenvalue weighted by atomic mass is 32.2. The molecule has 0 saturated heterocycles. The standard InChI is InChI=1S/C20H32O3S/c1-10-23-17(22)20(8,9)24-13-11-14(18(2,3)4)16(21)15(12-13)19(5,6)7/h11-12,21H,10H2,1-9H3. The van der Waals surface area contributed by atoms with Crippen molar-refractivity contribution >= 4 is 17.7 Å². The van der Waals surface area contributed by atoms with Crippen LogP contribution < -0.4 is 0 Å². The quantitative estimate of drug-likeness (QED) is 0.580. The fraction of sp³-hybridized carbons (Fsp3) is 0.650. The minimum absolute atomic E-state index is 0.186. The van der Waals surface area contributed by atoms with Crippen molar-refractivity contribution in [1.82, 2.24) is 0 Å². The molecule has 1 N–H and O–H groups in total. The fourth-order valence-electron chi connectivity index (χ4n) is 2.45. The molecular weight excluding hydrogens is 320 g/mol. The Morgan fingerprint density at radius 1 is 1.00 bits per heavy atom. The van der Waals surface area contributed by atoms with E-state index in [0.717, 1.165) is 16.0 Å². The molecule has 0 amide bonds. The van der Waals surface area contributed by atoms with Crippen LogP contribution in [0.4, 0.5) is 0 Å². The number of ether oxygens (including phenoxy) is 1. The van der Waals surface area contributed by atoms with Crippen molar-refractivity contribution in [2.75, 3.05) is 6.61 Å². The van der Waals surface area contributed by atoms with E-state index in [1.54, 1.807) is 0 Å². The van der Waals surface area contributed by atoms with Crippen molar-refractivity contribution < 1.29 is 14.6 Å². The molecule has 1 aromatic rings. The lowest BCUT2D eigenvalue weighted by Crippen LogP contribution is -2.30. The second kappa shape index (κ2) is 6.99. The zero-order valence-electron chi connectivity index (χ0n) is 16.5. The monoisotopic (exact) mass is 352 g/mol. The van der Waals surface area contributed by atoms with Crippen molar-refractivity contribution in [2.24, 2.45) is 0 Å². The molecule has 4 heteroatoms. The highest BCUT2D eigenvalue weighted by Gasteiger charge is 2.33. The predicted octanol–water partition coefficient (Wildman–Crippen LogP) is 5.42. The van der Waals surface area contributed by atoms with Gasteiger partial charge < -0.3 is 9.84 Å². The summed E-state index contributed by atoms with van der Waals surface area (Å²) in [6.07, 6.45) is 0. The van der Waals surface area contributed by atoms with Gasteiger partial charge in [-0.3, -0.25) is 4.79 Å². The van der Waals surface area contributed by atoms with Crippen molar-refractivity contribution in [3.8, 4) is 5.75 Å². The number of aromatic hydroxyl groups is 1. The molecule has 0 saturated carbocycles. The van der Waals surface area contributed by atoms with E-state index in [-0.39, 0.29) is 16.8 Å². The molecule has 0 bridgehead atoms. The Bertz CT molecular complexity index is 569. The SMILES string of the molecule is CCOC(=O)C(C)(C)Sc1cc(C(C)(C)C)c(O)c(C(C)(C)C)c1. The van der Waals surface area contributed by atoms with E-state index < -0.39 is 4.75 Å². The van der Waals surface area contributed by atoms with Crippen LogP contribution in [0, 0.1) is 0 Å². The van der Waals surface area contributed by atoms with Gasteiger partial charge in [0, 0.05) is 16.0 Å². The smallest absolute Gasteiger partial charge is 0.321 e. The van der Waals surface area contributed by atoms with E-state index in [2.05, 4.69) is 41.5 Å². The largest absolute Gasteiger partial charge is 0.507 e. The Morgan fingerprint density at radius 2 is 1.42 bits per heavy atom. The van der Waals surface area contributed by atoms with Crippen LogP contribution in [0.5, 0.6) is 5.75 Å². The van der Waals surface area contributed by atoms with Crippen molar-refractivity contribution in [3.63, 3.8) is 0 Å². The van der Waals surface area contributed by atoms with Gasteiger partial charge >= 0.3 is 5.97 Å². The van der Waals surface area contributed by atoms with Crippen LogP contribution >= 0.6 is 11.8 Å². The minimum Gasteiger partial charge on any atom is -0.507 e. The van der Waals surface area contributed by atoms with Crippen LogP contribution in [0.2, 0.25) is 0 Å². The first kappa shape index (κ1) is 20.9. The van der Waals surface area contributed by atoms with E-state index in [0.29, 0.717) is 12.4 Å². The lowest BCUT2D eigenvalue weighted by molar-refractivity contribution is -0.145. The van der Waals surface area contributed by atoms with Crippen LogP contribution in [0.3, 0.4) is 0 Å². The van der Waals surface area contributed by atoms with Gasteiger partial charge in [-0.1, -0.05) is 41.5 Å². The van der Waals surface area contributed by atoms with Gasteiger partial charge in [-0.15, -0.1) is 11.8 Å². The first-order valence-electron chi connectivity index (χ1n) is 8.44. The van der Waals surface area contributed by atoms with Gasteiger partial charge in [0.15, 0.2) is 0 Å². The first-order chi connectivity index (χ1) is 10.7. The average Bonchev–Trinajstić information content (AvgIpc) is 2.38. The summed E-state index contributed by atoms with van der Waals surface area (Å²) < 4.78 is 4.51. The molecule has 0 heterocycles. The molecule has 0 aliphatic heterocycles. The number of thioether (sulfide) groups is 1. The highest BCUT2D eigenvalue weighted by Crippen LogP contribution is 2.44. The van der Waals surface area contributed by atoms with Crippen molar-refractivity contribution in [1.29, 1.82) is 0 Å². The normalized spacial score (nSPS) is 13.0. The van der Waals surface area contributed by atoms with E-state index in [4.69, 9.17) is 4.74 Å². The molecule has 136 valence electrons. The topological polar surface area (TPSA) is 46.5 Å². The third kappa shape index (κ3) is 4.92. The summed E-state index contributed by atoms with van der Waals surface area (Å²) in [5.41, 5.74) is 1.43. The molecule has 24 heavy (non-hydrogen) atoms. The molecule has 1 rings (SSSR count). The summed E-state index contributed by atoms with van der Waals surface area (Å²) >= 11 is 1.48. The number of phenolic OH excluding ortho intramolecular Hbond substituents is 1. The summed E-state index contributed by atoms with van der Waals surface area (Å²) in [6, 6.07) is 3.99. The predicted molar refractivity (Wildman–Crippen MR) is 102 cm³/mol. The van der Waals surface area contributed by atoms with Gasteiger partial charge in [-0.25, -0.2) is 0 Å². The van der Waals surface area contributed by atoms with E-state index in [9.17, 15) is 9.90 Å². The third-order valence-electron chi connectivity index (χ3n) is 3.84. The molecule has 0 aromatic heterocycles. The van der Waals surface area contributed by atoms with Gasteiger partial charge in [0.2, 0.25) is 0 Å².